The molecule has 0 radical (unpaired) electrons. The Hall–Kier alpha value is -1.89. The second-order valence-corrected chi connectivity index (χ2v) is 6.79. The van der Waals surface area contributed by atoms with Gasteiger partial charge in [-0.25, -0.2) is 0 Å². The zero-order valence-corrected chi connectivity index (χ0v) is 15.0. The molecule has 1 heteroatoms. The molecule has 1 aromatic heterocycles. The van der Waals surface area contributed by atoms with Gasteiger partial charge in [-0.2, -0.15) is 0 Å². The Kier molecular flexibility index (Phi) is 3.28. The zero-order chi connectivity index (χ0) is 16.3. The third-order valence-corrected chi connectivity index (χ3v) is 5.72. The summed E-state index contributed by atoms with van der Waals surface area (Å²) < 4.78 is 0. The van der Waals surface area contributed by atoms with Crippen molar-refractivity contribution in [3.8, 4) is 0 Å². The molecule has 0 N–H and O–H groups in total. The van der Waals surface area contributed by atoms with Gasteiger partial charge in [0.15, 0.2) is 0 Å². The van der Waals surface area contributed by atoms with Crippen LogP contribution in [0.15, 0.2) is 6.07 Å². The van der Waals surface area contributed by atoms with E-state index in [-0.39, 0.29) is 0 Å². The van der Waals surface area contributed by atoms with Crippen LogP contribution in [0.5, 0.6) is 0 Å². The standard InChI is InChI=1S/C21H25N/c1-10-9-18-19(13(4)11(10)2)15(6)16(7)20-14(5)12(3)17(8)22-21(18)20/h9H,1-8H3. The quantitative estimate of drug-likeness (QED) is 0.473. The summed E-state index contributed by atoms with van der Waals surface area (Å²) in [5, 5.41) is 4.05. The smallest absolute Gasteiger partial charge is 0.0789 e. The fourth-order valence-electron chi connectivity index (χ4n) is 3.72. The lowest BCUT2D eigenvalue weighted by Gasteiger charge is -2.19. The molecule has 22 heavy (non-hydrogen) atoms. The van der Waals surface area contributed by atoms with Crippen LogP contribution in [0.3, 0.4) is 0 Å². The van der Waals surface area contributed by atoms with Crippen molar-refractivity contribution < 1.29 is 0 Å². The van der Waals surface area contributed by atoms with E-state index in [1.165, 1.54) is 60.6 Å². The first-order chi connectivity index (χ1) is 10.3. The molecule has 114 valence electrons. The van der Waals surface area contributed by atoms with E-state index in [2.05, 4.69) is 61.5 Å². The largest absolute Gasteiger partial charge is 0.252 e. The minimum Gasteiger partial charge on any atom is -0.252 e. The molecular weight excluding hydrogens is 266 g/mol. The van der Waals surface area contributed by atoms with E-state index in [4.69, 9.17) is 4.98 Å². The highest BCUT2D eigenvalue weighted by molar-refractivity contribution is 6.11. The molecule has 0 spiro atoms. The second-order valence-electron chi connectivity index (χ2n) is 6.79. The summed E-state index contributed by atoms with van der Waals surface area (Å²) in [6.07, 6.45) is 0. The predicted octanol–water partition coefficient (Wildman–Crippen LogP) is 5.86. The van der Waals surface area contributed by atoms with E-state index in [9.17, 15) is 0 Å². The van der Waals surface area contributed by atoms with Crippen LogP contribution in [0.1, 0.15) is 44.6 Å². The molecule has 0 aliphatic rings. The Morgan fingerprint density at radius 3 is 1.73 bits per heavy atom. The Balaban J connectivity index is 2.74. The van der Waals surface area contributed by atoms with Crippen molar-refractivity contribution in [3.05, 3.63) is 50.7 Å². The normalized spacial score (nSPS) is 11.6. The first-order valence-corrected chi connectivity index (χ1v) is 8.02. The first kappa shape index (κ1) is 15.0. The fourth-order valence-corrected chi connectivity index (χ4v) is 3.72. The topological polar surface area (TPSA) is 12.9 Å². The van der Waals surface area contributed by atoms with Gasteiger partial charge in [-0.05, 0) is 106 Å². The summed E-state index contributed by atoms with van der Waals surface area (Å²) in [5.41, 5.74) is 11.9. The van der Waals surface area contributed by atoms with Crippen LogP contribution in [0.2, 0.25) is 0 Å². The lowest BCUT2D eigenvalue weighted by atomic mass is 9.87. The number of fused-ring (bicyclic) bond motifs is 3. The van der Waals surface area contributed by atoms with Gasteiger partial charge >= 0.3 is 0 Å². The summed E-state index contributed by atoms with van der Waals surface area (Å²) in [5.74, 6) is 0. The Labute approximate surface area is 133 Å². The van der Waals surface area contributed by atoms with Gasteiger partial charge in [0.2, 0.25) is 0 Å². The van der Waals surface area contributed by atoms with E-state index in [1.807, 2.05) is 0 Å². The van der Waals surface area contributed by atoms with E-state index >= 15 is 0 Å². The van der Waals surface area contributed by atoms with Crippen molar-refractivity contribution in [2.24, 2.45) is 0 Å². The molecule has 0 bridgehead atoms. The van der Waals surface area contributed by atoms with Crippen LogP contribution in [0, 0.1) is 55.4 Å². The number of hydrogen-bond donors (Lipinski definition) is 0. The maximum absolute atomic E-state index is 4.98. The lowest BCUT2D eigenvalue weighted by Crippen LogP contribution is -2.01. The summed E-state index contributed by atoms with van der Waals surface area (Å²) in [4.78, 5) is 4.98. The average molecular weight is 291 g/mol. The Morgan fingerprint density at radius 1 is 0.591 bits per heavy atom. The molecule has 1 heterocycles. The molecule has 2 aromatic carbocycles. The molecule has 0 unspecified atom stereocenters. The summed E-state index contributed by atoms with van der Waals surface area (Å²) in [7, 11) is 0. The van der Waals surface area contributed by atoms with Crippen molar-refractivity contribution in [3.63, 3.8) is 0 Å². The molecule has 0 aliphatic carbocycles. The van der Waals surface area contributed by atoms with Gasteiger partial charge in [-0.3, -0.25) is 4.98 Å². The number of nitrogens with zero attached hydrogens (tertiary/aromatic N) is 1. The van der Waals surface area contributed by atoms with E-state index in [0.717, 1.165) is 5.69 Å². The molecule has 0 fully saturated rings. The highest BCUT2D eigenvalue weighted by Gasteiger charge is 2.17. The molecule has 3 rings (SSSR count). The van der Waals surface area contributed by atoms with Gasteiger partial charge in [0.25, 0.3) is 0 Å². The molecule has 0 amide bonds. The fraction of sp³-hybridized carbons (Fsp3) is 0.381. The molecule has 3 aromatic rings. The van der Waals surface area contributed by atoms with Gasteiger partial charge in [-0.15, -0.1) is 0 Å². The van der Waals surface area contributed by atoms with E-state index < -0.39 is 0 Å². The third kappa shape index (κ3) is 1.81. The van der Waals surface area contributed by atoms with Gasteiger partial charge in [0.05, 0.1) is 5.52 Å². The van der Waals surface area contributed by atoms with Crippen molar-refractivity contribution in [2.45, 2.75) is 55.4 Å². The predicted molar refractivity (Wildman–Crippen MR) is 97.1 cm³/mol. The molecule has 1 nitrogen and oxygen atoms in total. The average Bonchev–Trinajstić information content (AvgIpc) is 2.47. The Bertz CT molecular complexity index is 867. The highest BCUT2D eigenvalue weighted by atomic mass is 14.7. The summed E-state index contributed by atoms with van der Waals surface area (Å²) >= 11 is 0. The number of aryl methyl sites for hydroxylation is 6. The van der Waals surface area contributed by atoms with Crippen LogP contribution in [0.25, 0.3) is 21.7 Å². The zero-order valence-electron chi connectivity index (χ0n) is 15.0. The van der Waals surface area contributed by atoms with Crippen LogP contribution in [-0.4, -0.2) is 4.98 Å². The second kappa shape index (κ2) is 4.81. The molecule has 0 saturated heterocycles. The van der Waals surface area contributed by atoms with Crippen molar-refractivity contribution in [1.29, 1.82) is 0 Å². The van der Waals surface area contributed by atoms with E-state index in [1.54, 1.807) is 0 Å². The van der Waals surface area contributed by atoms with Crippen LogP contribution in [-0.2, 0) is 0 Å². The van der Waals surface area contributed by atoms with Crippen LogP contribution >= 0.6 is 0 Å². The molecule has 0 aliphatic heterocycles. The molecule has 0 atom stereocenters. The minimum absolute atomic E-state index is 1.14. The molecule has 0 saturated carbocycles. The Morgan fingerprint density at radius 2 is 1.09 bits per heavy atom. The summed E-state index contributed by atoms with van der Waals surface area (Å²) in [6, 6.07) is 2.33. The highest BCUT2D eigenvalue weighted by Crippen LogP contribution is 2.37. The monoisotopic (exact) mass is 291 g/mol. The lowest BCUT2D eigenvalue weighted by molar-refractivity contribution is 1.16. The maximum Gasteiger partial charge on any atom is 0.0789 e. The number of benzene rings is 2. The third-order valence-electron chi connectivity index (χ3n) is 5.72. The van der Waals surface area contributed by atoms with Gasteiger partial charge in [0, 0.05) is 16.5 Å². The first-order valence-electron chi connectivity index (χ1n) is 8.02. The number of aromatic nitrogens is 1. The molecular formula is C21H25N. The van der Waals surface area contributed by atoms with Crippen molar-refractivity contribution >= 4 is 21.7 Å². The van der Waals surface area contributed by atoms with Crippen molar-refractivity contribution in [2.75, 3.05) is 0 Å². The van der Waals surface area contributed by atoms with Crippen LogP contribution in [0.4, 0.5) is 0 Å². The SMILES string of the molecule is Cc1cc2c(c(C)c1C)c(C)c(C)c1c(C)c(C)c(C)nc12. The minimum atomic E-state index is 1.14. The van der Waals surface area contributed by atoms with Gasteiger partial charge in [0.1, 0.15) is 0 Å². The van der Waals surface area contributed by atoms with Gasteiger partial charge in [-0.1, -0.05) is 0 Å². The number of pyridine rings is 1. The maximum atomic E-state index is 4.98. The number of rotatable bonds is 0. The summed E-state index contributed by atoms with van der Waals surface area (Å²) in [6.45, 7) is 17.7. The van der Waals surface area contributed by atoms with Crippen LogP contribution < -0.4 is 0 Å². The number of hydrogen-bond acceptors (Lipinski definition) is 1. The van der Waals surface area contributed by atoms with E-state index in [0.29, 0.717) is 0 Å². The van der Waals surface area contributed by atoms with Crippen molar-refractivity contribution in [1.82, 2.24) is 4.98 Å². The van der Waals surface area contributed by atoms with Gasteiger partial charge < -0.3 is 0 Å².